The van der Waals surface area contributed by atoms with Crippen molar-refractivity contribution in [2.45, 2.75) is 31.7 Å². The lowest BCUT2D eigenvalue weighted by atomic mass is 10.1. The van der Waals surface area contributed by atoms with Gasteiger partial charge in [-0.1, -0.05) is 30.3 Å². The van der Waals surface area contributed by atoms with Gasteiger partial charge in [-0.3, -0.25) is 4.79 Å². The minimum atomic E-state index is 0.196. The molecule has 3 rings (SSSR count). The molecular weight excluding hydrogens is 306 g/mol. The van der Waals surface area contributed by atoms with Crippen LogP contribution >= 0.6 is 11.3 Å². The van der Waals surface area contributed by atoms with Crippen molar-refractivity contribution in [1.82, 2.24) is 15.2 Å². The second-order valence-corrected chi connectivity index (χ2v) is 6.98. The van der Waals surface area contributed by atoms with Gasteiger partial charge < -0.3 is 10.2 Å². The molecule has 5 heteroatoms. The maximum absolute atomic E-state index is 12.5. The molecule has 1 aliphatic heterocycles. The highest BCUT2D eigenvalue weighted by Crippen LogP contribution is 2.17. The van der Waals surface area contributed by atoms with Crippen LogP contribution in [-0.4, -0.2) is 42.0 Å². The van der Waals surface area contributed by atoms with Crippen LogP contribution < -0.4 is 5.32 Å². The number of carbonyl (C=O) groups is 1. The van der Waals surface area contributed by atoms with Gasteiger partial charge in [-0.25, -0.2) is 4.98 Å². The first-order chi connectivity index (χ1) is 11.2. The lowest BCUT2D eigenvalue weighted by molar-refractivity contribution is -0.131. The number of hydrogen-bond donors (Lipinski definition) is 1. The predicted molar refractivity (Wildman–Crippen MR) is 93.7 cm³/mol. The van der Waals surface area contributed by atoms with Crippen molar-refractivity contribution in [2.24, 2.45) is 0 Å². The van der Waals surface area contributed by atoms with Gasteiger partial charge in [0.2, 0.25) is 5.91 Å². The zero-order valence-electron chi connectivity index (χ0n) is 13.5. The Labute approximate surface area is 141 Å². The summed E-state index contributed by atoms with van der Waals surface area (Å²) in [6.07, 6.45) is 3.48. The number of likely N-dealkylation sites (tertiary alicyclic amines) is 1. The molecule has 1 aromatic heterocycles. The monoisotopic (exact) mass is 329 g/mol. The summed E-state index contributed by atoms with van der Waals surface area (Å²) in [6.45, 7) is 1.69. The standard InChI is InChI=1S/C18H23N3OS/c1-19-15-8-5-9-21(12-15)18(22)11-16-13-23-17(20-16)10-14-6-3-2-4-7-14/h2-4,6-7,13,15,19H,5,8-12H2,1H3. The average Bonchev–Trinajstić information content (AvgIpc) is 3.02. The Bertz CT molecular complexity index is 641. The fraction of sp³-hybridized carbons (Fsp3) is 0.444. The van der Waals surface area contributed by atoms with E-state index in [-0.39, 0.29) is 5.91 Å². The van der Waals surface area contributed by atoms with Crippen LogP contribution in [-0.2, 0) is 17.6 Å². The highest BCUT2D eigenvalue weighted by molar-refractivity contribution is 7.09. The zero-order valence-corrected chi connectivity index (χ0v) is 14.3. The maximum Gasteiger partial charge on any atom is 0.228 e. The molecule has 1 amide bonds. The summed E-state index contributed by atoms with van der Waals surface area (Å²) in [5.41, 5.74) is 2.16. The van der Waals surface area contributed by atoms with Crippen molar-refractivity contribution in [2.75, 3.05) is 20.1 Å². The fourth-order valence-electron chi connectivity index (χ4n) is 2.99. The number of amides is 1. The molecule has 1 fully saturated rings. The fourth-order valence-corrected chi connectivity index (χ4v) is 3.82. The molecule has 1 aromatic carbocycles. The molecule has 0 radical (unpaired) electrons. The minimum absolute atomic E-state index is 0.196. The number of nitrogens with zero attached hydrogens (tertiary/aromatic N) is 2. The molecule has 2 heterocycles. The molecule has 23 heavy (non-hydrogen) atoms. The second-order valence-electron chi connectivity index (χ2n) is 6.04. The number of nitrogens with one attached hydrogen (secondary N) is 1. The van der Waals surface area contributed by atoms with Crippen molar-refractivity contribution in [3.63, 3.8) is 0 Å². The van der Waals surface area contributed by atoms with Crippen LogP contribution in [0.3, 0.4) is 0 Å². The van der Waals surface area contributed by atoms with Crippen LogP contribution in [0.15, 0.2) is 35.7 Å². The molecule has 4 nitrogen and oxygen atoms in total. The number of likely N-dealkylation sites (N-methyl/N-ethyl adjacent to an activating group) is 1. The lowest BCUT2D eigenvalue weighted by Crippen LogP contribution is -2.47. The highest BCUT2D eigenvalue weighted by atomic mass is 32.1. The molecular formula is C18H23N3OS. The lowest BCUT2D eigenvalue weighted by Gasteiger charge is -2.32. The van der Waals surface area contributed by atoms with E-state index in [0.717, 1.165) is 43.1 Å². The van der Waals surface area contributed by atoms with Crippen molar-refractivity contribution in [3.05, 3.63) is 52.0 Å². The molecule has 0 bridgehead atoms. The smallest absolute Gasteiger partial charge is 0.228 e. The van der Waals surface area contributed by atoms with Crippen LogP contribution in [0.4, 0.5) is 0 Å². The molecule has 1 unspecified atom stereocenters. The molecule has 1 saturated heterocycles. The summed E-state index contributed by atoms with van der Waals surface area (Å²) >= 11 is 1.64. The third-order valence-electron chi connectivity index (χ3n) is 4.31. The third-order valence-corrected chi connectivity index (χ3v) is 5.21. The van der Waals surface area contributed by atoms with E-state index in [2.05, 4.69) is 22.4 Å². The molecule has 1 aliphatic rings. The number of hydrogen-bond acceptors (Lipinski definition) is 4. The zero-order chi connectivity index (χ0) is 16.1. The SMILES string of the molecule is CNC1CCCN(C(=O)Cc2csc(Cc3ccccc3)n2)C1. The van der Waals surface area contributed by atoms with E-state index in [1.807, 2.05) is 35.5 Å². The van der Waals surface area contributed by atoms with E-state index in [0.29, 0.717) is 12.5 Å². The number of piperidine rings is 1. The highest BCUT2D eigenvalue weighted by Gasteiger charge is 2.23. The minimum Gasteiger partial charge on any atom is -0.341 e. The Kier molecular flexibility index (Phi) is 5.41. The Morgan fingerprint density at radius 1 is 1.39 bits per heavy atom. The van der Waals surface area contributed by atoms with Crippen molar-refractivity contribution < 1.29 is 4.79 Å². The number of aromatic nitrogens is 1. The van der Waals surface area contributed by atoms with Crippen LogP contribution in [0.1, 0.15) is 29.1 Å². The van der Waals surface area contributed by atoms with Crippen molar-refractivity contribution in [3.8, 4) is 0 Å². The Morgan fingerprint density at radius 3 is 3.00 bits per heavy atom. The van der Waals surface area contributed by atoms with Gasteiger partial charge in [0.05, 0.1) is 17.1 Å². The normalized spacial score (nSPS) is 18.1. The molecule has 1 N–H and O–H groups in total. The number of benzene rings is 1. The average molecular weight is 329 g/mol. The van der Waals surface area contributed by atoms with Crippen molar-refractivity contribution >= 4 is 17.2 Å². The van der Waals surface area contributed by atoms with Crippen LogP contribution in [0.25, 0.3) is 0 Å². The first kappa shape index (κ1) is 16.1. The summed E-state index contributed by atoms with van der Waals surface area (Å²) < 4.78 is 0. The molecule has 0 spiro atoms. The van der Waals surface area contributed by atoms with E-state index < -0.39 is 0 Å². The molecule has 0 saturated carbocycles. The van der Waals surface area contributed by atoms with Gasteiger partial charge in [0.1, 0.15) is 0 Å². The van der Waals surface area contributed by atoms with Crippen molar-refractivity contribution in [1.29, 1.82) is 0 Å². The van der Waals surface area contributed by atoms with Gasteiger partial charge in [-0.05, 0) is 25.5 Å². The quantitative estimate of drug-likeness (QED) is 0.917. The first-order valence-corrected chi connectivity index (χ1v) is 9.05. The van der Waals surface area contributed by atoms with E-state index in [1.54, 1.807) is 11.3 Å². The van der Waals surface area contributed by atoms with Gasteiger partial charge >= 0.3 is 0 Å². The van der Waals surface area contributed by atoms with Crippen LogP contribution in [0.2, 0.25) is 0 Å². The topological polar surface area (TPSA) is 45.2 Å². The molecule has 1 atom stereocenters. The summed E-state index contributed by atoms with van der Waals surface area (Å²) in [7, 11) is 1.97. The Morgan fingerprint density at radius 2 is 2.22 bits per heavy atom. The van der Waals surface area contributed by atoms with Gasteiger partial charge in [0, 0.05) is 30.9 Å². The van der Waals surface area contributed by atoms with E-state index >= 15 is 0 Å². The van der Waals surface area contributed by atoms with Gasteiger partial charge in [0.25, 0.3) is 0 Å². The second kappa shape index (κ2) is 7.70. The first-order valence-electron chi connectivity index (χ1n) is 8.17. The Hall–Kier alpha value is -1.72. The number of carbonyl (C=O) groups excluding carboxylic acids is 1. The number of rotatable bonds is 5. The van der Waals surface area contributed by atoms with Crippen LogP contribution in [0, 0.1) is 0 Å². The number of thiazole rings is 1. The van der Waals surface area contributed by atoms with E-state index in [9.17, 15) is 4.79 Å². The summed E-state index contributed by atoms with van der Waals surface area (Å²) in [5, 5.41) is 6.37. The largest absolute Gasteiger partial charge is 0.341 e. The molecule has 2 aromatic rings. The summed E-state index contributed by atoms with van der Waals surface area (Å²) in [4.78, 5) is 19.1. The maximum atomic E-state index is 12.5. The van der Waals surface area contributed by atoms with E-state index in [1.165, 1.54) is 5.56 Å². The van der Waals surface area contributed by atoms with Gasteiger partial charge in [-0.2, -0.15) is 0 Å². The van der Waals surface area contributed by atoms with Gasteiger partial charge in [0.15, 0.2) is 0 Å². The Balaban J connectivity index is 1.57. The predicted octanol–water partition coefficient (Wildman–Crippen LogP) is 2.49. The summed E-state index contributed by atoms with van der Waals surface area (Å²) in [5.74, 6) is 0.196. The third kappa shape index (κ3) is 4.39. The molecule has 122 valence electrons. The van der Waals surface area contributed by atoms with E-state index in [4.69, 9.17) is 0 Å². The molecule has 0 aliphatic carbocycles. The summed E-state index contributed by atoms with van der Waals surface area (Å²) in [6, 6.07) is 10.8. The van der Waals surface area contributed by atoms with Crippen LogP contribution in [0.5, 0.6) is 0 Å². The van der Waals surface area contributed by atoms with Gasteiger partial charge in [-0.15, -0.1) is 11.3 Å².